The molecule has 27 heavy (non-hydrogen) atoms. The van der Waals surface area contributed by atoms with Gasteiger partial charge in [0, 0.05) is 12.0 Å². The maximum Gasteiger partial charge on any atom is 0.361 e. The number of fused-ring (bicyclic) bond motifs is 1. The molecule has 1 aliphatic heterocycles. The Morgan fingerprint density at radius 3 is 2.74 bits per heavy atom. The first-order chi connectivity index (χ1) is 13.0. The van der Waals surface area contributed by atoms with Crippen LogP contribution < -0.4 is 9.88 Å². The lowest BCUT2D eigenvalue weighted by Gasteiger charge is -2.08. The third-order valence-electron chi connectivity index (χ3n) is 4.23. The summed E-state index contributed by atoms with van der Waals surface area (Å²) in [5.74, 6) is 0.236. The largest absolute Gasteiger partial charge is 0.509 e. The van der Waals surface area contributed by atoms with Gasteiger partial charge in [-0.3, -0.25) is 5.32 Å². The zero-order valence-corrected chi connectivity index (χ0v) is 15.1. The fourth-order valence-corrected chi connectivity index (χ4v) is 3.02. The van der Waals surface area contributed by atoms with Gasteiger partial charge < -0.3 is 10.2 Å². The second-order valence-corrected chi connectivity index (χ2v) is 6.26. The van der Waals surface area contributed by atoms with Crippen LogP contribution in [0, 0.1) is 0 Å². The molecule has 0 amide bonds. The second-order valence-electron chi connectivity index (χ2n) is 6.26. The van der Waals surface area contributed by atoms with Gasteiger partial charge in [-0.15, -0.1) is 0 Å². The van der Waals surface area contributed by atoms with Crippen molar-refractivity contribution in [3.05, 3.63) is 84.0 Å². The monoisotopic (exact) mass is 364 g/mol. The minimum absolute atomic E-state index is 0.0994. The van der Waals surface area contributed by atoms with Crippen LogP contribution in [0.4, 0.5) is 5.82 Å². The number of aliphatic hydroxyl groups is 2. The van der Waals surface area contributed by atoms with E-state index in [0.29, 0.717) is 29.2 Å². The van der Waals surface area contributed by atoms with Crippen molar-refractivity contribution in [2.45, 2.75) is 19.4 Å². The molecule has 1 aromatic heterocycles. The zero-order chi connectivity index (χ0) is 19.4. The van der Waals surface area contributed by atoms with Crippen molar-refractivity contribution in [3.8, 4) is 0 Å². The number of nitrogens with zero attached hydrogens (tertiary/aromatic N) is 2. The van der Waals surface area contributed by atoms with Crippen molar-refractivity contribution in [1.82, 2.24) is 4.98 Å². The van der Waals surface area contributed by atoms with Crippen molar-refractivity contribution in [1.29, 1.82) is 0 Å². The molecule has 1 aromatic carbocycles. The Balaban J connectivity index is 2.14. The fourth-order valence-electron chi connectivity index (χ4n) is 3.02. The highest BCUT2D eigenvalue weighted by atomic mass is 16.3. The van der Waals surface area contributed by atoms with Crippen LogP contribution in [0.1, 0.15) is 28.7 Å². The number of hydrogen-bond acceptors (Lipinski definition) is 5. The predicted octanol–water partition coefficient (Wildman–Crippen LogP) is 2.42. The van der Waals surface area contributed by atoms with Crippen molar-refractivity contribution in [2.24, 2.45) is 0 Å². The number of nitrogens with one attached hydrogen (secondary N) is 1. The number of benzene rings is 1. The molecule has 0 saturated heterocycles. The number of hydrogen-bond donors (Lipinski definition) is 3. The van der Waals surface area contributed by atoms with Gasteiger partial charge >= 0.3 is 11.7 Å². The molecule has 0 fully saturated rings. The van der Waals surface area contributed by atoms with Crippen LogP contribution >= 0.6 is 0 Å². The molecule has 6 nitrogen and oxygen atoms in total. The molecule has 1 unspecified atom stereocenters. The smallest absolute Gasteiger partial charge is 0.361 e. The molecule has 138 valence electrons. The summed E-state index contributed by atoms with van der Waals surface area (Å²) in [6, 6.07) is 9.12. The molecule has 6 heteroatoms. The fraction of sp³-hybridized carbons (Fsp3) is 0.190. The van der Waals surface area contributed by atoms with Crippen LogP contribution in [0.3, 0.4) is 0 Å². The number of anilines is 1. The molecule has 0 saturated carbocycles. The Morgan fingerprint density at radius 1 is 1.37 bits per heavy atom. The van der Waals surface area contributed by atoms with E-state index in [1.54, 1.807) is 12.3 Å². The molecule has 0 spiro atoms. The number of allylic oxidation sites excluding steroid dienone is 4. The highest BCUT2D eigenvalue weighted by molar-refractivity contribution is 5.83. The lowest BCUT2D eigenvalue weighted by molar-refractivity contribution is -0.553. The average molecular weight is 364 g/mol. The lowest BCUT2D eigenvalue weighted by Crippen LogP contribution is -2.44. The Hall–Kier alpha value is -3.25. The normalized spacial score (nSPS) is 16.4. The Labute approximate surface area is 157 Å². The van der Waals surface area contributed by atoms with Crippen molar-refractivity contribution < 1.29 is 19.6 Å². The van der Waals surface area contributed by atoms with Gasteiger partial charge in [0.15, 0.2) is 0 Å². The molecule has 1 atom stereocenters. The van der Waals surface area contributed by atoms with Gasteiger partial charge in [-0.25, -0.2) is 9.78 Å². The van der Waals surface area contributed by atoms with E-state index in [-0.39, 0.29) is 18.3 Å². The van der Waals surface area contributed by atoms with Gasteiger partial charge in [-0.05, 0) is 18.6 Å². The second kappa shape index (κ2) is 7.97. The SMILES string of the molecule is C=C(O)/C=C(\C=C/C)c1c[n+]2c(c(Cc3ccccc3)n1)NC(CO)C2=O. The summed E-state index contributed by atoms with van der Waals surface area (Å²) in [5, 5.41) is 22.1. The minimum Gasteiger partial charge on any atom is -0.509 e. The quantitative estimate of drug-likeness (QED) is 0.416. The summed E-state index contributed by atoms with van der Waals surface area (Å²) in [5.41, 5.74) is 2.90. The maximum absolute atomic E-state index is 12.6. The number of aromatic nitrogens is 2. The molecular weight excluding hydrogens is 342 g/mol. The highest BCUT2D eigenvalue weighted by Gasteiger charge is 2.40. The van der Waals surface area contributed by atoms with Crippen LogP contribution in [0.25, 0.3) is 5.57 Å². The summed E-state index contributed by atoms with van der Waals surface area (Å²) in [6.07, 6.45) is 7.24. The first-order valence-electron chi connectivity index (χ1n) is 8.67. The molecule has 3 rings (SSSR count). The Bertz CT molecular complexity index is 933. The number of carbonyl (C=O) groups is 1. The minimum atomic E-state index is -0.696. The van der Waals surface area contributed by atoms with E-state index < -0.39 is 6.04 Å². The summed E-state index contributed by atoms with van der Waals surface area (Å²) >= 11 is 0. The molecule has 3 N–H and O–H groups in total. The van der Waals surface area contributed by atoms with Gasteiger partial charge in [0.2, 0.25) is 6.04 Å². The molecule has 0 radical (unpaired) electrons. The molecular formula is C21H22N3O3+. The van der Waals surface area contributed by atoms with Crippen molar-refractivity contribution >= 4 is 17.3 Å². The van der Waals surface area contributed by atoms with Crippen molar-refractivity contribution in [2.75, 3.05) is 11.9 Å². The summed E-state index contributed by atoms with van der Waals surface area (Å²) < 4.78 is 1.49. The summed E-state index contributed by atoms with van der Waals surface area (Å²) in [6.45, 7) is 5.06. The summed E-state index contributed by atoms with van der Waals surface area (Å²) in [7, 11) is 0. The molecule has 2 heterocycles. The number of aliphatic hydroxyl groups excluding tert-OH is 2. The third kappa shape index (κ3) is 3.96. The van der Waals surface area contributed by atoms with E-state index in [1.165, 1.54) is 10.6 Å². The topological polar surface area (TPSA) is 86.3 Å². The highest BCUT2D eigenvalue weighted by Crippen LogP contribution is 2.23. The van der Waals surface area contributed by atoms with E-state index >= 15 is 0 Å². The van der Waals surface area contributed by atoms with E-state index in [4.69, 9.17) is 4.98 Å². The Kier molecular flexibility index (Phi) is 5.47. The lowest BCUT2D eigenvalue weighted by atomic mass is 10.1. The predicted molar refractivity (Wildman–Crippen MR) is 103 cm³/mol. The van der Waals surface area contributed by atoms with Crippen LogP contribution in [0.5, 0.6) is 0 Å². The van der Waals surface area contributed by atoms with Crippen LogP contribution in [0.2, 0.25) is 0 Å². The first-order valence-corrected chi connectivity index (χ1v) is 8.67. The van der Waals surface area contributed by atoms with Crippen LogP contribution in [-0.4, -0.2) is 33.8 Å². The van der Waals surface area contributed by atoms with E-state index in [2.05, 4.69) is 11.9 Å². The molecule has 0 aliphatic carbocycles. The first kappa shape index (κ1) is 18.5. The van der Waals surface area contributed by atoms with Gasteiger partial charge in [-0.1, -0.05) is 49.1 Å². The molecule has 0 bridgehead atoms. The third-order valence-corrected chi connectivity index (χ3v) is 4.23. The maximum atomic E-state index is 12.6. The van der Waals surface area contributed by atoms with E-state index in [1.807, 2.05) is 43.3 Å². The zero-order valence-electron chi connectivity index (χ0n) is 15.1. The van der Waals surface area contributed by atoms with Crippen molar-refractivity contribution in [3.63, 3.8) is 0 Å². The Morgan fingerprint density at radius 2 is 2.11 bits per heavy atom. The van der Waals surface area contributed by atoms with E-state index in [9.17, 15) is 15.0 Å². The molecule has 2 aromatic rings. The van der Waals surface area contributed by atoms with Crippen LogP contribution in [-0.2, 0) is 6.42 Å². The number of rotatable bonds is 6. The van der Waals surface area contributed by atoms with Gasteiger partial charge in [0.1, 0.15) is 23.3 Å². The van der Waals surface area contributed by atoms with Gasteiger partial charge in [-0.2, -0.15) is 4.57 Å². The molecule has 1 aliphatic rings. The van der Waals surface area contributed by atoms with Gasteiger partial charge in [0.05, 0.1) is 6.61 Å². The average Bonchev–Trinajstić information content (AvgIpc) is 2.98. The van der Waals surface area contributed by atoms with Gasteiger partial charge in [0.25, 0.3) is 0 Å². The standard InChI is InChI=1S/C21H21N3O3/c1-3-7-16(10-14(2)26)18-12-24-20(23-19(13-25)21(24)27)17(22-18)11-15-8-5-4-6-9-15/h3-10,12,19,25-26H,2,11,13H2,1H3/p+1/b7-3-,16-10+. The summed E-state index contributed by atoms with van der Waals surface area (Å²) in [4.78, 5) is 17.3. The van der Waals surface area contributed by atoms with E-state index in [0.717, 1.165) is 5.56 Å². The number of carbonyl (C=O) groups excluding carboxylic acids is 1. The van der Waals surface area contributed by atoms with Crippen LogP contribution in [0.15, 0.2) is 67.1 Å².